The van der Waals surface area contributed by atoms with Crippen molar-refractivity contribution in [3.63, 3.8) is 0 Å². The third kappa shape index (κ3) is 3.26. The topological polar surface area (TPSA) is 49.4 Å². The van der Waals surface area contributed by atoms with Crippen molar-refractivity contribution in [2.24, 2.45) is 0 Å². The number of halogens is 2. The van der Waals surface area contributed by atoms with Crippen LogP contribution < -0.4 is 5.32 Å². The first-order chi connectivity index (χ1) is 11.0. The van der Waals surface area contributed by atoms with Crippen LogP contribution in [0.2, 0.25) is 5.02 Å². The number of nitrogens with zero attached hydrogens (tertiary/aromatic N) is 1. The molecule has 2 aromatic carbocycles. The van der Waals surface area contributed by atoms with Gasteiger partial charge < -0.3 is 5.32 Å². The second-order valence-electron chi connectivity index (χ2n) is 5.31. The smallest absolute Gasteiger partial charge is 0.243 e. The standard InChI is InChI=1S/C16H16ClFN2O2S/c17-15-4-2-1-3-14(15)16-11-19-9-10-20(16)23(21,22)13-7-5-12(18)6-8-13/h1-8,16,19H,9-11H2. The van der Waals surface area contributed by atoms with E-state index in [4.69, 9.17) is 11.6 Å². The van der Waals surface area contributed by atoms with Gasteiger partial charge in [-0.3, -0.25) is 0 Å². The fourth-order valence-electron chi connectivity index (χ4n) is 2.73. The lowest BCUT2D eigenvalue weighted by Gasteiger charge is -2.35. The number of piperazine rings is 1. The van der Waals surface area contributed by atoms with Crippen LogP contribution in [0.4, 0.5) is 4.39 Å². The Morgan fingerprint density at radius 1 is 1.13 bits per heavy atom. The summed E-state index contributed by atoms with van der Waals surface area (Å²) in [5, 5.41) is 3.73. The van der Waals surface area contributed by atoms with Crippen molar-refractivity contribution in [3.05, 3.63) is 64.9 Å². The van der Waals surface area contributed by atoms with E-state index in [1.54, 1.807) is 12.1 Å². The van der Waals surface area contributed by atoms with Crippen LogP contribution in [0.15, 0.2) is 53.4 Å². The Bertz CT molecular complexity index is 796. The van der Waals surface area contributed by atoms with Crippen molar-refractivity contribution in [2.45, 2.75) is 10.9 Å². The zero-order valence-electron chi connectivity index (χ0n) is 12.2. The van der Waals surface area contributed by atoms with Crippen LogP contribution in [-0.4, -0.2) is 32.4 Å². The SMILES string of the molecule is O=S(=O)(c1ccc(F)cc1)N1CCNCC1c1ccccc1Cl. The Labute approximate surface area is 139 Å². The molecule has 1 atom stereocenters. The quantitative estimate of drug-likeness (QED) is 0.922. The van der Waals surface area contributed by atoms with Crippen LogP contribution in [0.3, 0.4) is 0 Å². The maximum Gasteiger partial charge on any atom is 0.243 e. The van der Waals surface area contributed by atoms with Crippen LogP contribution in [-0.2, 0) is 10.0 Å². The van der Waals surface area contributed by atoms with Gasteiger partial charge in [0.2, 0.25) is 10.0 Å². The predicted molar refractivity (Wildman–Crippen MR) is 87.4 cm³/mol. The van der Waals surface area contributed by atoms with Gasteiger partial charge >= 0.3 is 0 Å². The lowest BCUT2D eigenvalue weighted by atomic mass is 10.1. The van der Waals surface area contributed by atoms with Crippen LogP contribution in [0.1, 0.15) is 11.6 Å². The Balaban J connectivity index is 2.01. The van der Waals surface area contributed by atoms with Gasteiger partial charge in [-0.05, 0) is 35.9 Å². The molecule has 1 heterocycles. The van der Waals surface area contributed by atoms with Gasteiger partial charge in [-0.2, -0.15) is 4.31 Å². The molecule has 2 aromatic rings. The molecule has 0 saturated carbocycles. The van der Waals surface area contributed by atoms with Crippen molar-refractivity contribution in [1.82, 2.24) is 9.62 Å². The highest BCUT2D eigenvalue weighted by atomic mass is 35.5. The summed E-state index contributed by atoms with van der Waals surface area (Å²) in [6.07, 6.45) is 0. The molecule has 0 spiro atoms. The molecule has 3 rings (SSSR count). The Kier molecular flexibility index (Phi) is 4.68. The molecule has 4 nitrogen and oxygen atoms in total. The second kappa shape index (κ2) is 6.57. The fraction of sp³-hybridized carbons (Fsp3) is 0.250. The largest absolute Gasteiger partial charge is 0.313 e. The molecule has 1 aliphatic heterocycles. The van der Waals surface area contributed by atoms with Gasteiger partial charge in [0.25, 0.3) is 0 Å². The highest BCUT2D eigenvalue weighted by molar-refractivity contribution is 7.89. The van der Waals surface area contributed by atoms with E-state index in [-0.39, 0.29) is 4.90 Å². The molecule has 122 valence electrons. The molecule has 0 aliphatic carbocycles. The normalized spacial score (nSPS) is 19.7. The second-order valence-corrected chi connectivity index (χ2v) is 7.61. The van der Waals surface area contributed by atoms with E-state index in [1.807, 2.05) is 12.1 Å². The van der Waals surface area contributed by atoms with Gasteiger partial charge in [0.05, 0.1) is 10.9 Å². The molecular formula is C16H16ClFN2O2S. The first kappa shape index (κ1) is 16.4. The van der Waals surface area contributed by atoms with Crippen LogP contribution in [0, 0.1) is 5.82 Å². The molecule has 0 amide bonds. The minimum absolute atomic E-state index is 0.0813. The van der Waals surface area contributed by atoms with Crippen molar-refractivity contribution in [2.75, 3.05) is 19.6 Å². The summed E-state index contributed by atoms with van der Waals surface area (Å²) in [5.74, 6) is -0.466. The van der Waals surface area contributed by atoms with Crippen LogP contribution in [0.5, 0.6) is 0 Å². The summed E-state index contributed by atoms with van der Waals surface area (Å²) in [5.41, 5.74) is 0.757. The van der Waals surface area contributed by atoms with Crippen molar-refractivity contribution < 1.29 is 12.8 Å². The van der Waals surface area contributed by atoms with E-state index < -0.39 is 21.9 Å². The highest BCUT2D eigenvalue weighted by Gasteiger charge is 2.35. The lowest BCUT2D eigenvalue weighted by molar-refractivity contribution is 0.271. The van der Waals surface area contributed by atoms with Gasteiger partial charge in [-0.25, -0.2) is 12.8 Å². The monoisotopic (exact) mass is 354 g/mol. The molecule has 1 saturated heterocycles. The van der Waals surface area contributed by atoms with E-state index >= 15 is 0 Å². The number of rotatable bonds is 3. The predicted octanol–water partition coefficient (Wildman–Crippen LogP) is 2.81. The number of hydrogen-bond donors (Lipinski definition) is 1. The molecule has 1 aliphatic rings. The average Bonchev–Trinajstić information content (AvgIpc) is 2.56. The summed E-state index contributed by atoms with van der Waals surface area (Å²) in [6.45, 7) is 1.36. The van der Waals surface area contributed by atoms with E-state index in [9.17, 15) is 12.8 Å². The Morgan fingerprint density at radius 3 is 2.52 bits per heavy atom. The van der Waals surface area contributed by atoms with E-state index in [0.29, 0.717) is 24.7 Å². The van der Waals surface area contributed by atoms with Crippen LogP contribution in [0.25, 0.3) is 0 Å². The average molecular weight is 355 g/mol. The van der Waals surface area contributed by atoms with Crippen molar-refractivity contribution in [3.8, 4) is 0 Å². The third-order valence-electron chi connectivity index (χ3n) is 3.88. The maximum atomic E-state index is 13.1. The molecule has 1 N–H and O–H groups in total. The molecule has 23 heavy (non-hydrogen) atoms. The summed E-state index contributed by atoms with van der Waals surface area (Å²) in [4.78, 5) is 0.0813. The first-order valence-corrected chi connectivity index (χ1v) is 9.04. The zero-order chi connectivity index (χ0) is 16.4. The lowest BCUT2D eigenvalue weighted by Crippen LogP contribution is -2.48. The number of hydrogen-bond acceptors (Lipinski definition) is 3. The molecular weight excluding hydrogens is 339 g/mol. The molecule has 0 radical (unpaired) electrons. The third-order valence-corrected chi connectivity index (χ3v) is 6.15. The number of sulfonamides is 1. The highest BCUT2D eigenvalue weighted by Crippen LogP contribution is 2.32. The van der Waals surface area contributed by atoms with Crippen LogP contribution >= 0.6 is 11.6 Å². The van der Waals surface area contributed by atoms with Crippen molar-refractivity contribution >= 4 is 21.6 Å². The van der Waals surface area contributed by atoms with Gasteiger partial charge in [-0.15, -0.1) is 0 Å². The van der Waals surface area contributed by atoms with Gasteiger partial charge in [-0.1, -0.05) is 29.8 Å². The Morgan fingerprint density at radius 2 is 1.83 bits per heavy atom. The summed E-state index contributed by atoms with van der Waals surface area (Å²) in [7, 11) is -3.72. The molecule has 1 fully saturated rings. The number of nitrogens with one attached hydrogen (secondary N) is 1. The molecule has 0 bridgehead atoms. The summed E-state index contributed by atoms with van der Waals surface area (Å²) in [6, 6.07) is 11.7. The molecule has 0 aromatic heterocycles. The number of benzene rings is 2. The minimum Gasteiger partial charge on any atom is -0.313 e. The summed E-state index contributed by atoms with van der Waals surface area (Å²) < 4.78 is 40.4. The summed E-state index contributed by atoms with van der Waals surface area (Å²) >= 11 is 6.24. The van der Waals surface area contributed by atoms with Gasteiger partial charge in [0.15, 0.2) is 0 Å². The fourth-order valence-corrected chi connectivity index (χ4v) is 4.59. The molecule has 7 heteroatoms. The van der Waals surface area contributed by atoms with Crippen molar-refractivity contribution in [1.29, 1.82) is 0 Å². The molecule has 1 unspecified atom stereocenters. The first-order valence-electron chi connectivity index (χ1n) is 7.23. The minimum atomic E-state index is -3.72. The van der Waals surface area contributed by atoms with E-state index in [0.717, 1.165) is 17.7 Å². The Hall–Kier alpha value is -1.47. The van der Waals surface area contributed by atoms with E-state index in [2.05, 4.69) is 5.32 Å². The van der Waals surface area contributed by atoms with Gasteiger partial charge in [0, 0.05) is 24.7 Å². The van der Waals surface area contributed by atoms with E-state index in [1.165, 1.54) is 16.4 Å². The maximum absolute atomic E-state index is 13.1. The van der Waals surface area contributed by atoms with Gasteiger partial charge in [0.1, 0.15) is 5.82 Å². The zero-order valence-corrected chi connectivity index (χ0v) is 13.8.